The number of carbonyl (C=O) groups is 1. The molecule has 0 saturated heterocycles. The van der Waals surface area contributed by atoms with E-state index < -0.39 is 0 Å². The minimum absolute atomic E-state index is 0.284. The molecule has 2 amide bonds. The number of methoxy groups -OCH3 is 2. The van der Waals surface area contributed by atoms with Crippen molar-refractivity contribution in [2.75, 3.05) is 31.8 Å². The van der Waals surface area contributed by atoms with Crippen LogP contribution in [-0.2, 0) is 6.42 Å². The number of benzene rings is 2. The molecule has 6 heteroatoms. The minimum atomic E-state index is -0.284. The first kappa shape index (κ1) is 17.5. The van der Waals surface area contributed by atoms with E-state index in [4.69, 9.17) is 15.2 Å². The highest BCUT2D eigenvalue weighted by molar-refractivity contribution is 5.92. The monoisotopic (exact) mass is 329 g/mol. The average molecular weight is 329 g/mol. The molecule has 0 radical (unpaired) electrons. The van der Waals surface area contributed by atoms with Crippen LogP contribution in [0.25, 0.3) is 0 Å². The lowest BCUT2D eigenvalue weighted by molar-refractivity contribution is 0.252. The predicted octanol–water partition coefficient (Wildman–Crippen LogP) is 2.96. The first-order chi connectivity index (χ1) is 11.5. The Bertz CT molecular complexity index is 717. The number of rotatable bonds is 6. The molecule has 0 spiro atoms. The summed E-state index contributed by atoms with van der Waals surface area (Å²) in [4.78, 5) is 12.0. The fourth-order valence-corrected chi connectivity index (χ4v) is 2.30. The number of ether oxygens (including phenoxy) is 2. The fourth-order valence-electron chi connectivity index (χ4n) is 2.30. The van der Waals surface area contributed by atoms with Gasteiger partial charge in [0.2, 0.25) is 0 Å². The van der Waals surface area contributed by atoms with Crippen molar-refractivity contribution in [3.63, 3.8) is 0 Å². The van der Waals surface area contributed by atoms with Crippen LogP contribution in [0.2, 0.25) is 0 Å². The van der Waals surface area contributed by atoms with Gasteiger partial charge in [0.1, 0.15) is 0 Å². The number of carbonyl (C=O) groups excluding carboxylic acids is 1. The Labute approximate surface area is 142 Å². The minimum Gasteiger partial charge on any atom is -0.493 e. The number of nitrogen functional groups attached to an aromatic ring is 1. The van der Waals surface area contributed by atoms with E-state index in [2.05, 4.69) is 10.6 Å². The molecule has 2 aromatic rings. The molecule has 0 aromatic heterocycles. The maximum Gasteiger partial charge on any atom is 0.319 e. The van der Waals surface area contributed by atoms with Crippen LogP contribution in [0.3, 0.4) is 0 Å². The van der Waals surface area contributed by atoms with Gasteiger partial charge in [-0.3, -0.25) is 0 Å². The summed E-state index contributed by atoms with van der Waals surface area (Å²) in [7, 11) is 3.19. The van der Waals surface area contributed by atoms with Gasteiger partial charge in [-0.15, -0.1) is 0 Å². The van der Waals surface area contributed by atoms with Gasteiger partial charge in [0.25, 0.3) is 0 Å². The van der Waals surface area contributed by atoms with Crippen LogP contribution in [0, 0.1) is 6.92 Å². The van der Waals surface area contributed by atoms with Crippen molar-refractivity contribution < 1.29 is 14.3 Å². The summed E-state index contributed by atoms with van der Waals surface area (Å²) in [5, 5.41) is 5.57. The Morgan fingerprint density at radius 2 is 1.83 bits per heavy atom. The molecule has 2 aromatic carbocycles. The smallest absolute Gasteiger partial charge is 0.319 e. The molecular weight excluding hydrogens is 306 g/mol. The maximum absolute atomic E-state index is 12.0. The van der Waals surface area contributed by atoms with Gasteiger partial charge >= 0.3 is 6.03 Å². The van der Waals surface area contributed by atoms with Crippen LogP contribution < -0.4 is 25.8 Å². The lowest BCUT2D eigenvalue weighted by Crippen LogP contribution is -2.30. The number of urea groups is 1. The molecule has 0 saturated carbocycles. The van der Waals surface area contributed by atoms with Crippen LogP contribution in [-0.4, -0.2) is 26.8 Å². The Morgan fingerprint density at radius 1 is 1.08 bits per heavy atom. The normalized spacial score (nSPS) is 10.1. The van der Waals surface area contributed by atoms with Gasteiger partial charge < -0.3 is 25.8 Å². The number of nitrogens with two attached hydrogens (primary N) is 1. The molecule has 0 fully saturated rings. The van der Waals surface area contributed by atoms with Gasteiger partial charge in [-0.25, -0.2) is 4.79 Å². The molecule has 4 N–H and O–H groups in total. The highest BCUT2D eigenvalue weighted by atomic mass is 16.5. The molecule has 2 rings (SSSR count). The highest BCUT2D eigenvalue weighted by Crippen LogP contribution is 2.27. The van der Waals surface area contributed by atoms with Gasteiger partial charge in [-0.05, 0) is 48.7 Å². The first-order valence-corrected chi connectivity index (χ1v) is 7.65. The van der Waals surface area contributed by atoms with Crippen LogP contribution >= 0.6 is 0 Å². The van der Waals surface area contributed by atoms with Crippen molar-refractivity contribution in [1.82, 2.24) is 5.32 Å². The third-order valence-corrected chi connectivity index (χ3v) is 3.60. The van der Waals surface area contributed by atoms with Crippen molar-refractivity contribution in [3.8, 4) is 11.5 Å². The molecule has 0 unspecified atom stereocenters. The summed E-state index contributed by atoms with van der Waals surface area (Å²) < 4.78 is 10.5. The molecule has 24 heavy (non-hydrogen) atoms. The average Bonchev–Trinajstić information content (AvgIpc) is 2.58. The zero-order valence-electron chi connectivity index (χ0n) is 14.2. The zero-order chi connectivity index (χ0) is 17.5. The number of nitrogens with one attached hydrogen (secondary N) is 2. The van der Waals surface area contributed by atoms with E-state index in [1.165, 1.54) is 0 Å². The maximum atomic E-state index is 12.0. The lowest BCUT2D eigenvalue weighted by Gasteiger charge is -2.12. The Kier molecular flexibility index (Phi) is 5.89. The Balaban J connectivity index is 1.87. The third-order valence-electron chi connectivity index (χ3n) is 3.60. The van der Waals surface area contributed by atoms with Crippen molar-refractivity contribution in [3.05, 3.63) is 47.5 Å². The molecule has 0 aliphatic rings. The van der Waals surface area contributed by atoms with Gasteiger partial charge in [0, 0.05) is 6.54 Å². The van der Waals surface area contributed by atoms with Crippen LogP contribution in [0.1, 0.15) is 11.1 Å². The van der Waals surface area contributed by atoms with Gasteiger partial charge in [-0.1, -0.05) is 12.1 Å². The van der Waals surface area contributed by atoms with Crippen molar-refractivity contribution in [2.24, 2.45) is 0 Å². The second-order valence-corrected chi connectivity index (χ2v) is 5.41. The number of anilines is 2. The van der Waals surface area contributed by atoms with Gasteiger partial charge in [0.15, 0.2) is 11.5 Å². The number of amides is 2. The fraction of sp³-hybridized carbons (Fsp3) is 0.278. The zero-order valence-corrected chi connectivity index (χ0v) is 14.2. The van der Waals surface area contributed by atoms with Gasteiger partial charge in [0.05, 0.1) is 25.6 Å². The Morgan fingerprint density at radius 3 is 2.54 bits per heavy atom. The molecule has 0 aliphatic carbocycles. The van der Waals surface area contributed by atoms with Crippen LogP contribution in [0.4, 0.5) is 16.2 Å². The summed E-state index contributed by atoms with van der Waals surface area (Å²) in [6, 6.07) is 10.9. The molecule has 6 nitrogen and oxygen atoms in total. The molecular formula is C18H23N3O3. The van der Waals surface area contributed by atoms with E-state index in [0.717, 1.165) is 11.1 Å². The SMILES string of the molecule is COc1ccc(CCNC(=O)Nc2cc(C)ccc2N)cc1OC. The third kappa shape index (κ3) is 4.55. The molecule has 0 atom stereocenters. The summed E-state index contributed by atoms with van der Waals surface area (Å²) in [5.41, 5.74) is 9.07. The van der Waals surface area contributed by atoms with E-state index in [1.54, 1.807) is 20.3 Å². The molecule has 0 bridgehead atoms. The predicted molar refractivity (Wildman–Crippen MR) is 95.9 cm³/mol. The topological polar surface area (TPSA) is 85.6 Å². The largest absolute Gasteiger partial charge is 0.493 e. The molecule has 0 aliphatic heterocycles. The second kappa shape index (κ2) is 8.10. The summed E-state index contributed by atoms with van der Waals surface area (Å²) in [6.07, 6.45) is 0.678. The quantitative estimate of drug-likeness (QED) is 0.711. The van der Waals surface area contributed by atoms with E-state index in [0.29, 0.717) is 35.8 Å². The van der Waals surface area contributed by atoms with E-state index in [1.807, 2.05) is 37.3 Å². The second-order valence-electron chi connectivity index (χ2n) is 5.41. The van der Waals surface area contributed by atoms with E-state index >= 15 is 0 Å². The Hall–Kier alpha value is -2.89. The highest BCUT2D eigenvalue weighted by Gasteiger charge is 2.07. The summed E-state index contributed by atoms with van der Waals surface area (Å²) in [6.45, 7) is 2.44. The molecule has 128 valence electrons. The molecule has 0 heterocycles. The summed E-state index contributed by atoms with van der Waals surface area (Å²) in [5.74, 6) is 1.36. The van der Waals surface area contributed by atoms with Crippen LogP contribution in [0.5, 0.6) is 11.5 Å². The van der Waals surface area contributed by atoms with Crippen molar-refractivity contribution >= 4 is 17.4 Å². The van der Waals surface area contributed by atoms with E-state index in [9.17, 15) is 4.79 Å². The van der Waals surface area contributed by atoms with Crippen molar-refractivity contribution in [1.29, 1.82) is 0 Å². The summed E-state index contributed by atoms with van der Waals surface area (Å²) >= 11 is 0. The number of aryl methyl sites for hydroxylation is 1. The van der Waals surface area contributed by atoms with Gasteiger partial charge in [-0.2, -0.15) is 0 Å². The number of hydrogen-bond acceptors (Lipinski definition) is 4. The lowest BCUT2D eigenvalue weighted by atomic mass is 10.1. The number of hydrogen-bond donors (Lipinski definition) is 3. The van der Waals surface area contributed by atoms with E-state index in [-0.39, 0.29) is 6.03 Å². The standard InChI is InChI=1S/C18H23N3O3/c1-12-4-6-14(19)15(10-12)21-18(22)20-9-8-13-5-7-16(23-2)17(11-13)24-3/h4-7,10-11H,8-9,19H2,1-3H3,(H2,20,21,22). The first-order valence-electron chi connectivity index (χ1n) is 7.65. The van der Waals surface area contributed by atoms with Crippen LogP contribution in [0.15, 0.2) is 36.4 Å². The van der Waals surface area contributed by atoms with Crippen molar-refractivity contribution in [2.45, 2.75) is 13.3 Å².